The summed E-state index contributed by atoms with van der Waals surface area (Å²) >= 11 is 0. The minimum Gasteiger partial charge on any atom is -0.0616 e. The highest BCUT2D eigenvalue weighted by atomic mass is 14.2. The lowest BCUT2D eigenvalue weighted by Gasteiger charge is -2.18. The Bertz CT molecular complexity index is 2690. The number of benzene rings is 10. The second-order valence-electron chi connectivity index (χ2n) is 12.8. The highest BCUT2D eigenvalue weighted by Gasteiger charge is 2.17. The highest BCUT2D eigenvalue weighted by molar-refractivity contribution is 6.20. The third-order valence-electron chi connectivity index (χ3n) is 10.3. The summed E-state index contributed by atoms with van der Waals surface area (Å²) in [5.74, 6) is 0. The number of fused-ring (bicyclic) bond motifs is 8. The first-order valence-corrected chi connectivity index (χ1v) is 16.7. The van der Waals surface area contributed by atoms with E-state index in [-0.39, 0.29) is 0 Å². The second-order valence-corrected chi connectivity index (χ2v) is 12.8. The summed E-state index contributed by atoms with van der Waals surface area (Å²) in [4.78, 5) is 0. The topological polar surface area (TPSA) is 0 Å². The zero-order chi connectivity index (χ0) is 31.6. The van der Waals surface area contributed by atoms with Gasteiger partial charge in [0.1, 0.15) is 0 Å². The van der Waals surface area contributed by atoms with Crippen LogP contribution in [-0.4, -0.2) is 0 Å². The van der Waals surface area contributed by atoms with Crippen LogP contribution in [0.4, 0.5) is 0 Å². The van der Waals surface area contributed by atoms with Crippen molar-refractivity contribution in [2.75, 3.05) is 0 Å². The van der Waals surface area contributed by atoms with Crippen LogP contribution < -0.4 is 0 Å². The van der Waals surface area contributed by atoms with Crippen molar-refractivity contribution in [1.29, 1.82) is 0 Å². The quantitative estimate of drug-likeness (QED) is 0.176. The van der Waals surface area contributed by atoms with E-state index >= 15 is 0 Å². The molecule has 0 fully saturated rings. The lowest BCUT2D eigenvalue weighted by atomic mass is 9.85. The van der Waals surface area contributed by atoms with Crippen LogP contribution in [0.1, 0.15) is 0 Å². The van der Waals surface area contributed by atoms with Crippen molar-refractivity contribution < 1.29 is 0 Å². The molecule has 0 N–H and O–H groups in total. The minimum absolute atomic E-state index is 1.26. The van der Waals surface area contributed by atoms with Crippen LogP contribution in [0, 0.1) is 0 Å². The third kappa shape index (κ3) is 4.03. The van der Waals surface area contributed by atoms with Gasteiger partial charge >= 0.3 is 0 Å². The molecule has 0 spiro atoms. The molecule has 0 amide bonds. The molecular weight excluding hydrogens is 577 g/mol. The first kappa shape index (κ1) is 26.9. The van der Waals surface area contributed by atoms with Crippen molar-refractivity contribution in [1.82, 2.24) is 0 Å². The molecule has 10 rings (SSSR count). The van der Waals surface area contributed by atoms with Gasteiger partial charge in [-0.15, -0.1) is 0 Å². The fourth-order valence-electron chi connectivity index (χ4n) is 8.09. The Labute approximate surface area is 279 Å². The van der Waals surface area contributed by atoms with E-state index < -0.39 is 0 Å². The van der Waals surface area contributed by atoms with Crippen LogP contribution in [-0.2, 0) is 0 Å². The van der Waals surface area contributed by atoms with Crippen LogP contribution >= 0.6 is 0 Å². The summed E-state index contributed by atoms with van der Waals surface area (Å²) in [6.45, 7) is 0. The summed E-state index contributed by atoms with van der Waals surface area (Å²) in [5.41, 5.74) is 7.58. The van der Waals surface area contributed by atoms with Crippen LogP contribution in [0.2, 0.25) is 0 Å². The number of hydrogen-bond donors (Lipinski definition) is 0. The maximum Gasteiger partial charge on any atom is -0.00928 e. The van der Waals surface area contributed by atoms with E-state index in [1.54, 1.807) is 0 Å². The van der Waals surface area contributed by atoms with Gasteiger partial charge in [0.25, 0.3) is 0 Å². The van der Waals surface area contributed by atoms with E-state index in [1.807, 2.05) is 0 Å². The van der Waals surface area contributed by atoms with Gasteiger partial charge in [-0.25, -0.2) is 0 Å². The summed E-state index contributed by atoms with van der Waals surface area (Å²) < 4.78 is 0. The molecule has 10 aromatic rings. The van der Waals surface area contributed by atoms with Gasteiger partial charge in [0, 0.05) is 0 Å². The summed E-state index contributed by atoms with van der Waals surface area (Å²) in [5, 5.41) is 15.3. The predicted octanol–water partition coefficient (Wildman–Crippen LogP) is 13.6. The molecule has 0 aromatic heterocycles. The Morgan fingerprint density at radius 3 is 0.729 bits per heavy atom. The molecule has 0 saturated carbocycles. The van der Waals surface area contributed by atoms with Crippen molar-refractivity contribution in [3.63, 3.8) is 0 Å². The minimum atomic E-state index is 1.26. The molecule has 0 aliphatic rings. The zero-order valence-corrected chi connectivity index (χ0v) is 26.3. The van der Waals surface area contributed by atoms with Crippen molar-refractivity contribution in [2.45, 2.75) is 0 Å². The average molecular weight is 607 g/mol. The largest absolute Gasteiger partial charge is 0.0616 e. The van der Waals surface area contributed by atoms with E-state index in [2.05, 4.69) is 182 Å². The van der Waals surface area contributed by atoms with E-state index in [0.717, 1.165) is 0 Å². The Balaban J connectivity index is 1.22. The molecule has 0 heterocycles. The van der Waals surface area contributed by atoms with E-state index in [4.69, 9.17) is 0 Å². The molecule has 0 unspecified atom stereocenters. The fourth-order valence-corrected chi connectivity index (χ4v) is 8.09. The van der Waals surface area contributed by atoms with Gasteiger partial charge in [-0.2, -0.15) is 0 Å². The van der Waals surface area contributed by atoms with Gasteiger partial charge in [-0.3, -0.25) is 0 Å². The molecule has 0 aliphatic heterocycles. The average Bonchev–Trinajstić information content (AvgIpc) is 3.16. The lowest BCUT2D eigenvalue weighted by Crippen LogP contribution is -1.91. The molecule has 0 radical (unpaired) electrons. The highest BCUT2D eigenvalue weighted by Crippen LogP contribution is 2.44. The molecule has 0 aliphatic carbocycles. The first-order chi connectivity index (χ1) is 23.8. The Kier molecular flexibility index (Phi) is 5.98. The molecular formula is C48H30. The molecule has 0 bridgehead atoms. The molecule has 0 heteroatoms. The van der Waals surface area contributed by atoms with Crippen molar-refractivity contribution in [3.05, 3.63) is 182 Å². The Morgan fingerprint density at radius 2 is 0.396 bits per heavy atom. The lowest BCUT2D eigenvalue weighted by molar-refractivity contribution is 1.66. The van der Waals surface area contributed by atoms with Crippen molar-refractivity contribution in [2.24, 2.45) is 0 Å². The molecule has 10 aromatic carbocycles. The standard InChI is InChI=1S/C48H30/c1-3-15-33-31(13-1)29-47(41-23-11-5-17-35(33)41)45-27-25-43(37-19-7-9-21-39(37)45)44-26-28-46(40-22-10-8-20-38(40)44)48-30-32-14-2-4-16-34(32)36-18-6-12-24-42(36)48/h1-30H. The maximum absolute atomic E-state index is 2.37. The van der Waals surface area contributed by atoms with Crippen LogP contribution in [0.15, 0.2) is 182 Å². The van der Waals surface area contributed by atoms with E-state index in [0.29, 0.717) is 0 Å². The number of rotatable bonds is 3. The van der Waals surface area contributed by atoms with E-state index in [1.165, 1.54) is 98.0 Å². The van der Waals surface area contributed by atoms with Crippen molar-refractivity contribution >= 4 is 64.6 Å². The van der Waals surface area contributed by atoms with Gasteiger partial charge < -0.3 is 0 Å². The van der Waals surface area contributed by atoms with Gasteiger partial charge in [0.2, 0.25) is 0 Å². The first-order valence-electron chi connectivity index (χ1n) is 16.7. The molecule has 0 atom stereocenters. The summed E-state index contributed by atoms with van der Waals surface area (Å²) in [6, 6.07) is 67.1. The summed E-state index contributed by atoms with van der Waals surface area (Å²) in [6.07, 6.45) is 0. The maximum atomic E-state index is 2.37. The SMILES string of the molecule is c1ccc2c(c1)cc(-c1ccc(-c3ccc(-c4cc5ccccc5c5ccccc45)c4ccccc34)c3ccccc13)c1ccccc12. The van der Waals surface area contributed by atoms with Crippen LogP contribution in [0.5, 0.6) is 0 Å². The second kappa shape index (κ2) is 10.7. The monoisotopic (exact) mass is 606 g/mol. The number of hydrogen-bond acceptors (Lipinski definition) is 0. The predicted molar refractivity (Wildman–Crippen MR) is 208 cm³/mol. The van der Waals surface area contributed by atoms with Crippen LogP contribution in [0.25, 0.3) is 98.0 Å². The smallest absolute Gasteiger partial charge is 0.00928 e. The zero-order valence-electron chi connectivity index (χ0n) is 26.3. The molecule has 0 nitrogen and oxygen atoms in total. The fraction of sp³-hybridized carbons (Fsp3) is 0. The van der Waals surface area contributed by atoms with Gasteiger partial charge in [-0.1, -0.05) is 170 Å². The Hall–Kier alpha value is -6.24. The van der Waals surface area contributed by atoms with Gasteiger partial charge in [0.15, 0.2) is 0 Å². The van der Waals surface area contributed by atoms with E-state index in [9.17, 15) is 0 Å². The van der Waals surface area contributed by atoms with Crippen molar-refractivity contribution in [3.8, 4) is 33.4 Å². The Morgan fingerprint density at radius 1 is 0.167 bits per heavy atom. The normalized spacial score (nSPS) is 11.8. The van der Waals surface area contributed by atoms with Gasteiger partial charge in [-0.05, 0) is 110 Å². The van der Waals surface area contributed by atoms with Gasteiger partial charge in [0.05, 0.1) is 0 Å². The third-order valence-corrected chi connectivity index (χ3v) is 10.3. The molecule has 48 heavy (non-hydrogen) atoms. The summed E-state index contributed by atoms with van der Waals surface area (Å²) in [7, 11) is 0. The van der Waals surface area contributed by atoms with Crippen LogP contribution in [0.3, 0.4) is 0 Å². The molecule has 222 valence electrons. The molecule has 0 saturated heterocycles.